The first-order valence-corrected chi connectivity index (χ1v) is 8.03. The van der Waals surface area contributed by atoms with Crippen LogP contribution in [0.2, 0.25) is 10.0 Å². The number of anilines is 1. The Labute approximate surface area is 155 Å². The van der Waals surface area contributed by atoms with Gasteiger partial charge in [-0.25, -0.2) is 0 Å². The molecular weight excluding hydrogens is 367 g/mol. The molecule has 2 aromatic rings. The van der Waals surface area contributed by atoms with Crippen molar-refractivity contribution >= 4 is 58.2 Å². The number of amides is 1. The van der Waals surface area contributed by atoms with E-state index < -0.39 is 0 Å². The number of thiocarbonyl (C=S) groups is 1. The summed E-state index contributed by atoms with van der Waals surface area (Å²) in [5, 5.41) is 6.68. The molecule has 0 radical (unpaired) electrons. The van der Waals surface area contributed by atoms with Crippen LogP contribution in [0.5, 0.6) is 5.75 Å². The van der Waals surface area contributed by atoms with Gasteiger partial charge in [0.1, 0.15) is 5.75 Å². The Morgan fingerprint density at radius 1 is 1.17 bits per heavy atom. The zero-order valence-electron chi connectivity index (χ0n) is 12.7. The number of benzene rings is 2. The molecule has 0 saturated carbocycles. The van der Waals surface area contributed by atoms with Gasteiger partial charge < -0.3 is 10.1 Å². The molecule has 2 rings (SSSR count). The summed E-state index contributed by atoms with van der Waals surface area (Å²) in [6.45, 7) is 0. The van der Waals surface area contributed by atoms with E-state index in [1.165, 1.54) is 13.2 Å². The maximum absolute atomic E-state index is 11.9. The first kappa shape index (κ1) is 18.3. The largest absolute Gasteiger partial charge is 0.495 e. The van der Waals surface area contributed by atoms with Crippen molar-refractivity contribution in [1.82, 2.24) is 5.32 Å². The van der Waals surface area contributed by atoms with Gasteiger partial charge in [-0.3, -0.25) is 10.1 Å². The topological polar surface area (TPSA) is 50.4 Å². The van der Waals surface area contributed by atoms with Crippen LogP contribution in [0.4, 0.5) is 5.69 Å². The van der Waals surface area contributed by atoms with Crippen LogP contribution in [0, 0.1) is 0 Å². The molecule has 0 atom stereocenters. The SMILES string of the molecule is COc1ccc(NC(=S)NC(=O)C=Cc2ccc(Cl)cc2)cc1Cl. The van der Waals surface area contributed by atoms with Crippen LogP contribution in [0.3, 0.4) is 0 Å². The zero-order chi connectivity index (χ0) is 17.5. The van der Waals surface area contributed by atoms with Crippen molar-refractivity contribution in [3.05, 3.63) is 64.1 Å². The van der Waals surface area contributed by atoms with Crippen molar-refractivity contribution in [3.8, 4) is 5.75 Å². The third-order valence-corrected chi connectivity index (χ3v) is 3.70. The van der Waals surface area contributed by atoms with E-state index in [1.807, 2.05) is 12.1 Å². The van der Waals surface area contributed by atoms with Crippen molar-refractivity contribution in [2.75, 3.05) is 12.4 Å². The van der Waals surface area contributed by atoms with E-state index in [9.17, 15) is 4.79 Å². The van der Waals surface area contributed by atoms with E-state index in [-0.39, 0.29) is 11.0 Å². The van der Waals surface area contributed by atoms with Gasteiger partial charge in [0.25, 0.3) is 0 Å². The van der Waals surface area contributed by atoms with Crippen LogP contribution in [-0.4, -0.2) is 18.1 Å². The lowest BCUT2D eigenvalue weighted by Gasteiger charge is -2.10. The Morgan fingerprint density at radius 2 is 1.88 bits per heavy atom. The fourth-order valence-corrected chi connectivity index (χ4v) is 2.41. The van der Waals surface area contributed by atoms with Crippen LogP contribution in [0.15, 0.2) is 48.5 Å². The van der Waals surface area contributed by atoms with Crippen molar-refractivity contribution in [2.24, 2.45) is 0 Å². The first-order valence-electron chi connectivity index (χ1n) is 6.87. The summed E-state index contributed by atoms with van der Waals surface area (Å²) in [4.78, 5) is 11.9. The normalized spacial score (nSPS) is 10.5. The van der Waals surface area contributed by atoms with E-state index >= 15 is 0 Å². The molecule has 2 N–H and O–H groups in total. The molecule has 24 heavy (non-hydrogen) atoms. The maximum atomic E-state index is 11.9. The number of rotatable bonds is 4. The van der Waals surface area contributed by atoms with Gasteiger partial charge in [0.15, 0.2) is 5.11 Å². The minimum absolute atomic E-state index is 0.169. The Hall–Kier alpha value is -2.08. The fourth-order valence-electron chi connectivity index (χ4n) is 1.81. The number of hydrogen-bond donors (Lipinski definition) is 2. The summed E-state index contributed by atoms with van der Waals surface area (Å²) in [5.41, 5.74) is 1.50. The van der Waals surface area contributed by atoms with Gasteiger partial charge in [0.2, 0.25) is 5.91 Å². The number of hydrogen-bond acceptors (Lipinski definition) is 3. The van der Waals surface area contributed by atoms with Crippen molar-refractivity contribution < 1.29 is 9.53 Å². The Morgan fingerprint density at radius 3 is 2.50 bits per heavy atom. The van der Waals surface area contributed by atoms with Gasteiger partial charge in [0, 0.05) is 16.8 Å². The Kier molecular flexibility index (Phi) is 6.61. The summed E-state index contributed by atoms with van der Waals surface area (Å²) in [6, 6.07) is 12.2. The van der Waals surface area contributed by atoms with Gasteiger partial charge >= 0.3 is 0 Å². The van der Waals surface area contributed by atoms with Gasteiger partial charge in [-0.1, -0.05) is 35.3 Å². The van der Waals surface area contributed by atoms with Crippen molar-refractivity contribution in [2.45, 2.75) is 0 Å². The molecule has 1 amide bonds. The van der Waals surface area contributed by atoms with Crippen molar-refractivity contribution in [1.29, 1.82) is 0 Å². The van der Waals surface area contributed by atoms with Crippen molar-refractivity contribution in [3.63, 3.8) is 0 Å². The molecule has 0 aliphatic rings. The lowest BCUT2D eigenvalue weighted by Crippen LogP contribution is -2.32. The number of halogens is 2. The lowest BCUT2D eigenvalue weighted by atomic mass is 10.2. The smallest absolute Gasteiger partial charge is 0.250 e. The van der Waals surface area contributed by atoms with Gasteiger partial charge in [-0.15, -0.1) is 0 Å². The number of carbonyl (C=O) groups is 1. The number of carbonyl (C=O) groups excluding carboxylic acids is 1. The summed E-state index contributed by atoms with van der Waals surface area (Å²) in [7, 11) is 1.53. The molecule has 0 bridgehead atoms. The molecule has 0 spiro atoms. The third-order valence-electron chi connectivity index (χ3n) is 2.94. The molecule has 0 aliphatic carbocycles. The predicted molar refractivity (Wildman–Crippen MR) is 103 cm³/mol. The second kappa shape index (κ2) is 8.68. The molecule has 0 aromatic heterocycles. The second-order valence-corrected chi connectivity index (χ2v) is 5.93. The van der Waals surface area contributed by atoms with E-state index in [2.05, 4.69) is 10.6 Å². The van der Waals surface area contributed by atoms with Gasteiger partial charge in [0.05, 0.1) is 12.1 Å². The summed E-state index contributed by atoms with van der Waals surface area (Å²) < 4.78 is 5.07. The van der Waals surface area contributed by atoms with Crippen LogP contribution >= 0.6 is 35.4 Å². The van der Waals surface area contributed by atoms with Crippen LogP contribution in [-0.2, 0) is 4.79 Å². The number of nitrogens with one attached hydrogen (secondary N) is 2. The average Bonchev–Trinajstić information content (AvgIpc) is 2.54. The average molecular weight is 381 g/mol. The van der Waals surface area contributed by atoms with E-state index in [0.29, 0.717) is 21.5 Å². The molecule has 0 fully saturated rings. The van der Waals surface area contributed by atoms with Crippen LogP contribution < -0.4 is 15.4 Å². The highest BCUT2D eigenvalue weighted by atomic mass is 35.5. The Bertz CT molecular complexity index is 777. The molecule has 2 aromatic carbocycles. The number of ether oxygens (including phenoxy) is 1. The fraction of sp³-hybridized carbons (Fsp3) is 0.0588. The minimum Gasteiger partial charge on any atom is -0.495 e. The molecular formula is C17H14Cl2N2O2S. The van der Waals surface area contributed by atoms with Crippen LogP contribution in [0.1, 0.15) is 5.56 Å². The van der Waals surface area contributed by atoms with Gasteiger partial charge in [-0.2, -0.15) is 0 Å². The van der Waals surface area contributed by atoms with E-state index in [1.54, 1.807) is 36.4 Å². The highest BCUT2D eigenvalue weighted by molar-refractivity contribution is 7.80. The lowest BCUT2D eigenvalue weighted by molar-refractivity contribution is -0.115. The zero-order valence-corrected chi connectivity index (χ0v) is 15.0. The summed E-state index contributed by atoms with van der Waals surface area (Å²) >= 11 is 16.9. The quantitative estimate of drug-likeness (QED) is 0.604. The highest BCUT2D eigenvalue weighted by Crippen LogP contribution is 2.27. The second-order valence-electron chi connectivity index (χ2n) is 4.68. The monoisotopic (exact) mass is 380 g/mol. The van der Waals surface area contributed by atoms with Crippen LogP contribution in [0.25, 0.3) is 6.08 Å². The predicted octanol–water partition coefficient (Wildman–Crippen LogP) is 4.53. The van der Waals surface area contributed by atoms with E-state index in [4.69, 9.17) is 40.2 Å². The molecule has 124 valence electrons. The molecule has 0 unspecified atom stereocenters. The van der Waals surface area contributed by atoms with E-state index in [0.717, 1.165) is 5.56 Å². The Balaban J connectivity index is 1.90. The molecule has 0 heterocycles. The summed E-state index contributed by atoms with van der Waals surface area (Å²) in [5.74, 6) is 0.213. The molecule has 0 saturated heterocycles. The first-order chi connectivity index (χ1) is 11.5. The number of methoxy groups -OCH3 is 1. The van der Waals surface area contributed by atoms with Gasteiger partial charge in [-0.05, 0) is 54.2 Å². The minimum atomic E-state index is -0.345. The highest BCUT2D eigenvalue weighted by Gasteiger charge is 2.05. The third kappa shape index (κ3) is 5.53. The molecule has 0 aliphatic heterocycles. The molecule has 7 heteroatoms. The molecule has 4 nitrogen and oxygen atoms in total. The summed E-state index contributed by atoms with van der Waals surface area (Å²) in [6.07, 6.45) is 3.05. The standard InChI is InChI=1S/C17H14Cl2N2O2S/c1-23-15-8-7-13(10-14(15)19)20-17(24)21-16(22)9-4-11-2-5-12(18)6-3-11/h2-10H,1H3,(H2,20,21,22,24). The maximum Gasteiger partial charge on any atom is 0.250 e.